The molecule has 0 aliphatic rings. The van der Waals surface area contributed by atoms with E-state index in [1.165, 1.54) is 55.0 Å². The molecule has 10 aromatic rings. The Bertz CT molecular complexity index is 2750. The van der Waals surface area contributed by atoms with Gasteiger partial charge in [0.05, 0.1) is 16.6 Å². The van der Waals surface area contributed by atoms with Gasteiger partial charge in [-0.15, -0.1) is 0 Å². The van der Waals surface area contributed by atoms with Crippen molar-refractivity contribution < 1.29 is 0 Å². The molecule has 0 N–H and O–H groups in total. The second kappa shape index (κ2) is 16.7. The van der Waals surface area contributed by atoms with Crippen LogP contribution in [0, 0.1) is 0 Å². The summed E-state index contributed by atoms with van der Waals surface area (Å²) in [5.74, 6) is 0. The monoisotopic (exact) mass is 737 g/mol. The van der Waals surface area contributed by atoms with E-state index in [1.54, 1.807) is 0 Å². The van der Waals surface area contributed by atoms with Crippen molar-refractivity contribution in [2.45, 2.75) is 27.7 Å². The molecule has 278 valence electrons. The van der Waals surface area contributed by atoms with E-state index < -0.39 is 0 Å². The molecule has 0 unspecified atom stereocenters. The molecule has 0 saturated heterocycles. The lowest BCUT2D eigenvalue weighted by molar-refractivity contribution is 1.13. The summed E-state index contributed by atoms with van der Waals surface area (Å²) in [7, 11) is 0. The molecule has 0 saturated carbocycles. The Balaban J connectivity index is 0.00000110. The number of benzene rings is 8. The third-order valence-corrected chi connectivity index (χ3v) is 10.4. The molecule has 0 aliphatic carbocycles. The average molecular weight is 738 g/mol. The molecule has 57 heavy (non-hydrogen) atoms. The Labute approximate surface area is 336 Å². The Morgan fingerprint density at radius 2 is 0.772 bits per heavy atom. The molecule has 0 radical (unpaired) electrons. The van der Waals surface area contributed by atoms with E-state index in [9.17, 15) is 0 Å². The normalized spacial score (nSPS) is 10.8. The quantitative estimate of drug-likeness (QED) is 0.159. The highest BCUT2D eigenvalue weighted by molar-refractivity contribution is 6.19. The van der Waals surface area contributed by atoms with Crippen LogP contribution in [0.3, 0.4) is 0 Å². The molecule has 2 heterocycles. The van der Waals surface area contributed by atoms with Crippen LogP contribution in [0.1, 0.15) is 27.7 Å². The number of hydrogen-bond donors (Lipinski definition) is 0. The van der Waals surface area contributed by atoms with Crippen LogP contribution >= 0.6 is 0 Å². The summed E-state index contributed by atoms with van der Waals surface area (Å²) in [5.41, 5.74) is 14.0. The first kappa shape index (κ1) is 36.9. The zero-order valence-corrected chi connectivity index (χ0v) is 33.0. The highest BCUT2D eigenvalue weighted by Gasteiger charge is 2.20. The summed E-state index contributed by atoms with van der Waals surface area (Å²) in [6.07, 6.45) is 2.19. The summed E-state index contributed by atoms with van der Waals surface area (Å²) in [5, 5.41) is 3.66. The van der Waals surface area contributed by atoms with Crippen LogP contribution in [0.4, 0.5) is 17.1 Å². The first-order chi connectivity index (χ1) is 28.3. The van der Waals surface area contributed by atoms with Crippen molar-refractivity contribution in [3.63, 3.8) is 0 Å². The van der Waals surface area contributed by atoms with Crippen LogP contribution in [0.5, 0.6) is 0 Å². The number of rotatable bonds is 7. The lowest BCUT2D eigenvalue weighted by Crippen LogP contribution is -2.10. The van der Waals surface area contributed by atoms with E-state index in [0.717, 1.165) is 28.4 Å². The number of anilines is 3. The molecular formula is C54H47N3. The summed E-state index contributed by atoms with van der Waals surface area (Å²) < 4.78 is 4.72. The summed E-state index contributed by atoms with van der Waals surface area (Å²) in [6, 6.07) is 74.1. The molecule has 3 heteroatoms. The van der Waals surface area contributed by atoms with E-state index in [1.807, 2.05) is 27.7 Å². The number of aromatic nitrogens is 2. The first-order valence-electron chi connectivity index (χ1n) is 20.1. The first-order valence-corrected chi connectivity index (χ1v) is 20.1. The van der Waals surface area contributed by atoms with Gasteiger partial charge in [0.1, 0.15) is 0 Å². The third kappa shape index (κ3) is 7.01. The number of hydrogen-bond acceptors (Lipinski definition) is 1. The fraction of sp³-hybridized carbons (Fsp3) is 0.0741. The van der Waals surface area contributed by atoms with Gasteiger partial charge in [-0.3, -0.25) is 0 Å². The van der Waals surface area contributed by atoms with Gasteiger partial charge in [-0.25, -0.2) is 0 Å². The predicted octanol–water partition coefficient (Wildman–Crippen LogP) is 15.6. The maximum Gasteiger partial charge on any atom is 0.0635 e. The average Bonchev–Trinajstić information content (AvgIpc) is 3.89. The Morgan fingerprint density at radius 1 is 0.333 bits per heavy atom. The van der Waals surface area contributed by atoms with Gasteiger partial charge in [-0.05, 0) is 101 Å². The summed E-state index contributed by atoms with van der Waals surface area (Å²) >= 11 is 0. The second-order valence-electron chi connectivity index (χ2n) is 13.4. The summed E-state index contributed by atoms with van der Waals surface area (Å²) in [6.45, 7) is 8.00. The molecule has 2 aromatic heterocycles. The maximum atomic E-state index is 2.43. The number of fused-ring (bicyclic) bond motifs is 5. The molecule has 10 rings (SSSR count). The van der Waals surface area contributed by atoms with Crippen molar-refractivity contribution in [1.29, 1.82) is 0 Å². The third-order valence-electron chi connectivity index (χ3n) is 10.4. The fourth-order valence-electron chi connectivity index (χ4n) is 7.83. The highest BCUT2D eigenvalue weighted by atomic mass is 15.1. The van der Waals surface area contributed by atoms with Crippen LogP contribution < -0.4 is 4.90 Å². The zero-order chi connectivity index (χ0) is 39.1. The molecule has 0 spiro atoms. The van der Waals surface area contributed by atoms with E-state index in [4.69, 9.17) is 0 Å². The van der Waals surface area contributed by atoms with Crippen molar-refractivity contribution >= 4 is 49.8 Å². The molecule has 3 nitrogen and oxygen atoms in total. The Morgan fingerprint density at radius 3 is 1.30 bits per heavy atom. The lowest BCUT2D eigenvalue weighted by atomic mass is 10.0. The molecular weight excluding hydrogens is 691 g/mol. The maximum absolute atomic E-state index is 2.43. The van der Waals surface area contributed by atoms with Crippen LogP contribution in [0.2, 0.25) is 0 Å². The van der Waals surface area contributed by atoms with Gasteiger partial charge in [0.25, 0.3) is 0 Å². The van der Waals surface area contributed by atoms with Gasteiger partial charge >= 0.3 is 0 Å². The van der Waals surface area contributed by atoms with Gasteiger partial charge in [-0.1, -0.05) is 155 Å². The molecule has 0 amide bonds. The van der Waals surface area contributed by atoms with Crippen molar-refractivity contribution in [1.82, 2.24) is 9.13 Å². The van der Waals surface area contributed by atoms with Gasteiger partial charge in [-0.2, -0.15) is 0 Å². The Kier molecular flexibility index (Phi) is 10.8. The molecule has 0 aliphatic heterocycles. The van der Waals surface area contributed by atoms with Crippen LogP contribution in [0.25, 0.3) is 66.3 Å². The molecule has 8 aromatic carbocycles. The SMILES string of the molecule is CC.CC.c1ccc(-c2ccc(N(c3ccc(-c4ccccc4)cc3)c3ccc4c(c3)c3ccc5c(ccn5-c5ccccc5)c3n4-c3ccccc3)cc2)cc1. The van der Waals surface area contributed by atoms with Crippen LogP contribution in [-0.2, 0) is 0 Å². The molecule has 0 atom stereocenters. The number of nitrogens with zero attached hydrogens (tertiary/aromatic N) is 3. The van der Waals surface area contributed by atoms with Gasteiger partial charge in [0.15, 0.2) is 0 Å². The lowest BCUT2D eigenvalue weighted by Gasteiger charge is -2.26. The zero-order valence-electron chi connectivity index (χ0n) is 33.0. The minimum atomic E-state index is 1.10. The van der Waals surface area contributed by atoms with Crippen molar-refractivity contribution in [2.75, 3.05) is 4.90 Å². The minimum Gasteiger partial charge on any atom is -0.316 e. The van der Waals surface area contributed by atoms with Gasteiger partial charge in [0, 0.05) is 50.8 Å². The molecule has 0 fully saturated rings. The van der Waals surface area contributed by atoms with Crippen LogP contribution in [0.15, 0.2) is 212 Å². The minimum absolute atomic E-state index is 1.10. The van der Waals surface area contributed by atoms with Crippen molar-refractivity contribution in [3.05, 3.63) is 212 Å². The number of para-hydroxylation sites is 2. The Hall–Kier alpha value is -7.10. The highest BCUT2D eigenvalue weighted by Crippen LogP contribution is 2.42. The fourth-order valence-corrected chi connectivity index (χ4v) is 7.83. The standard InChI is InChI=1S/C50H35N3.2C2H6/c1-5-13-36(14-6-1)38-21-25-42(26-22-38)52(43-27-23-39(24-28-43)37-15-7-2-8-16-37)44-29-31-49-47(35-44)45-30-32-48-46(33-34-51(48)40-17-9-3-10-18-40)50(45)53(49)41-19-11-4-12-20-41;2*1-2/h1-35H;2*1-2H3. The largest absolute Gasteiger partial charge is 0.316 e. The topological polar surface area (TPSA) is 13.1 Å². The van der Waals surface area contributed by atoms with Crippen molar-refractivity contribution in [2.24, 2.45) is 0 Å². The van der Waals surface area contributed by atoms with Crippen molar-refractivity contribution in [3.8, 4) is 33.6 Å². The van der Waals surface area contributed by atoms with Gasteiger partial charge in [0.2, 0.25) is 0 Å². The van der Waals surface area contributed by atoms with E-state index in [2.05, 4.69) is 226 Å². The van der Waals surface area contributed by atoms with Gasteiger partial charge < -0.3 is 14.0 Å². The summed E-state index contributed by atoms with van der Waals surface area (Å²) in [4.78, 5) is 2.37. The smallest absolute Gasteiger partial charge is 0.0635 e. The molecule has 0 bridgehead atoms. The van der Waals surface area contributed by atoms with E-state index in [0.29, 0.717) is 0 Å². The van der Waals surface area contributed by atoms with E-state index in [-0.39, 0.29) is 0 Å². The van der Waals surface area contributed by atoms with Crippen LogP contribution in [-0.4, -0.2) is 9.13 Å². The second-order valence-corrected chi connectivity index (χ2v) is 13.4. The predicted molar refractivity (Wildman–Crippen MR) is 246 cm³/mol. The van der Waals surface area contributed by atoms with E-state index >= 15 is 0 Å².